The van der Waals surface area contributed by atoms with Crippen LogP contribution in [0.25, 0.3) is 11.1 Å². The molecule has 3 fully saturated rings. The van der Waals surface area contributed by atoms with Gasteiger partial charge in [-0.2, -0.15) is 0 Å². The van der Waals surface area contributed by atoms with Gasteiger partial charge in [-0.05, 0) is 56.7 Å². The van der Waals surface area contributed by atoms with Gasteiger partial charge in [-0.1, -0.05) is 42.5 Å². The van der Waals surface area contributed by atoms with Gasteiger partial charge in [0, 0.05) is 74.6 Å². The van der Waals surface area contributed by atoms with Gasteiger partial charge in [0.2, 0.25) is 5.88 Å². The van der Waals surface area contributed by atoms with Gasteiger partial charge in [0.05, 0.1) is 19.4 Å². The summed E-state index contributed by atoms with van der Waals surface area (Å²) in [6.07, 6.45) is 5.56. The number of hydrogen-bond acceptors (Lipinski definition) is 8. The summed E-state index contributed by atoms with van der Waals surface area (Å²) in [5.41, 5.74) is 15.9. The molecule has 1 aliphatic carbocycles. The first kappa shape index (κ1) is 35.2. The van der Waals surface area contributed by atoms with E-state index in [0.717, 1.165) is 86.4 Å². The van der Waals surface area contributed by atoms with E-state index in [4.69, 9.17) is 20.9 Å². The van der Waals surface area contributed by atoms with Gasteiger partial charge >= 0.3 is 0 Å². The van der Waals surface area contributed by atoms with Crippen LogP contribution in [0.3, 0.4) is 0 Å². The molecule has 0 unspecified atom stereocenters. The Labute approximate surface area is 283 Å². The van der Waals surface area contributed by atoms with Crippen LogP contribution >= 0.6 is 12.4 Å². The molecule has 3 aromatic rings. The van der Waals surface area contributed by atoms with E-state index in [1.165, 1.54) is 0 Å². The van der Waals surface area contributed by atoms with E-state index >= 15 is 0 Å². The minimum absolute atomic E-state index is 0. The van der Waals surface area contributed by atoms with Crippen molar-refractivity contribution in [2.75, 3.05) is 39.4 Å². The first-order valence-electron chi connectivity index (χ1n) is 16.7. The van der Waals surface area contributed by atoms with Crippen molar-refractivity contribution in [3.8, 4) is 22.8 Å². The molecule has 1 amide bonds. The van der Waals surface area contributed by atoms with Gasteiger partial charge in [0.25, 0.3) is 5.91 Å². The van der Waals surface area contributed by atoms with Gasteiger partial charge in [0.1, 0.15) is 17.1 Å². The molecule has 9 nitrogen and oxygen atoms in total. The SMILES string of the molecule is C[C@@H]1CN(Cc2ccc(-c3ccccc3)c(CN3CCOCC3)c2Oc2ncc(F)cc2C(N)=O)C[C@H](C)N1C1CCC(N)CC1.Cl. The number of nitrogens with zero attached hydrogens (tertiary/aromatic N) is 4. The third kappa shape index (κ3) is 8.31. The average molecular weight is 667 g/mol. The zero-order valence-corrected chi connectivity index (χ0v) is 28.3. The third-order valence-electron chi connectivity index (χ3n) is 9.81. The second kappa shape index (κ2) is 15.9. The van der Waals surface area contributed by atoms with E-state index in [2.05, 4.69) is 57.8 Å². The number of ether oxygens (including phenoxy) is 2. The molecule has 254 valence electrons. The zero-order valence-electron chi connectivity index (χ0n) is 27.4. The molecule has 1 aromatic heterocycles. The zero-order chi connectivity index (χ0) is 32.2. The molecule has 3 heterocycles. The molecule has 0 spiro atoms. The van der Waals surface area contributed by atoms with Crippen LogP contribution in [0.15, 0.2) is 54.7 Å². The molecular weight excluding hydrogens is 619 g/mol. The standard InChI is InChI=1S/C36H47FN6O3.ClH/c1-24-20-42(21-25(2)43(24)30-11-9-29(38)10-12-30)22-27-8-13-31(26-6-4-3-5-7-26)33(23-41-14-16-45-17-15-41)34(27)46-36-32(35(39)44)18-28(37)19-40-36;/h3-8,13,18-19,24-25,29-30H,9-12,14-17,20-23,38H2,1-2H3,(H2,39,44);1H/t24-,25+,29?,30?;. The lowest BCUT2D eigenvalue weighted by molar-refractivity contribution is -0.00941. The lowest BCUT2D eigenvalue weighted by Crippen LogP contribution is -2.60. The van der Waals surface area contributed by atoms with E-state index < -0.39 is 11.7 Å². The molecule has 3 aliphatic rings. The molecule has 1 saturated carbocycles. The number of nitrogens with two attached hydrogens (primary N) is 2. The number of pyridine rings is 1. The second-order valence-corrected chi connectivity index (χ2v) is 13.2. The number of hydrogen-bond donors (Lipinski definition) is 2. The molecule has 6 rings (SSSR count). The predicted octanol–water partition coefficient (Wildman–Crippen LogP) is 5.20. The smallest absolute Gasteiger partial charge is 0.254 e. The van der Waals surface area contributed by atoms with Gasteiger partial charge < -0.3 is 20.9 Å². The van der Waals surface area contributed by atoms with E-state index in [1.54, 1.807) is 0 Å². The summed E-state index contributed by atoms with van der Waals surface area (Å²) in [4.78, 5) is 24.2. The normalized spacial score (nSPS) is 24.4. The van der Waals surface area contributed by atoms with Crippen LogP contribution in [0, 0.1) is 5.82 Å². The van der Waals surface area contributed by atoms with Crippen LogP contribution in [0.1, 0.15) is 61.0 Å². The monoisotopic (exact) mass is 666 g/mol. The second-order valence-electron chi connectivity index (χ2n) is 13.2. The van der Waals surface area contributed by atoms with Gasteiger partial charge in [-0.3, -0.25) is 19.5 Å². The Balaban J connectivity index is 0.00000433. The number of morpholine rings is 1. The van der Waals surface area contributed by atoms with Crippen molar-refractivity contribution in [2.45, 2.75) is 76.8 Å². The molecule has 2 atom stereocenters. The minimum Gasteiger partial charge on any atom is -0.437 e. The highest BCUT2D eigenvalue weighted by Crippen LogP contribution is 2.39. The van der Waals surface area contributed by atoms with Crippen LogP contribution < -0.4 is 16.2 Å². The Kier molecular flexibility index (Phi) is 11.9. The van der Waals surface area contributed by atoms with E-state index in [1.807, 2.05) is 18.2 Å². The number of rotatable bonds is 9. The fourth-order valence-electron chi connectivity index (χ4n) is 7.67. The van der Waals surface area contributed by atoms with E-state index in [0.29, 0.717) is 56.2 Å². The van der Waals surface area contributed by atoms with Crippen LogP contribution in [0.5, 0.6) is 11.6 Å². The van der Waals surface area contributed by atoms with Crippen molar-refractivity contribution in [3.63, 3.8) is 0 Å². The Hall–Kier alpha value is -3.12. The van der Waals surface area contributed by atoms with Crippen LogP contribution in [0.4, 0.5) is 4.39 Å². The summed E-state index contributed by atoms with van der Waals surface area (Å²) in [5.74, 6) is -0.794. The molecular formula is C36H48ClFN6O3. The lowest BCUT2D eigenvalue weighted by atomic mass is 9.88. The number of aromatic nitrogens is 1. The van der Waals surface area contributed by atoms with Crippen LogP contribution in [0.2, 0.25) is 0 Å². The summed E-state index contributed by atoms with van der Waals surface area (Å²) in [6, 6.07) is 17.3. The first-order chi connectivity index (χ1) is 22.3. The van der Waals surface area contributed by atoms with Gasteiger partial charge in [0.15, 0.2) is 0 Å². The topological polar surface area (TPSA) is 110 Å². The molecule has 11 heteroatoms. The maximum atomic E-state index is 14.2. The third-order valence-corrected chi connectivity index (χ3v) is 9.81. The summed E-state index contributed by atoms with van der Waals surface area (Å²) in [6.45, 7) is 10.7. The number of carbonyl (C=O) groups is 1. The Bertz CT molecular complexity index is 1490. The average Bonchev–Trinajstić information content (AvgIpc) is 3.04. The molecule has 0 bridgehead atoms. The number of benzene rings is 2. The molecule has 47 heavy (non-hydrogen) atoms. The maximum Gasteiger partial charge on any atom is 0.254 e. The summed E-state index contributed by atoms with van der Waals surface area (Å²) < 4.78 is 26.5. The first-order valence-corrected chi connectivity index (χ1v) is 16.7. The van der Waals surface area contributed by atoms with Gasteiger partial charge in [-0.15, -0.1) is 12.4 Å². The van der Waals surface area contributed by atoms with Crippen molar-refractivity contribution in [3.05, 3.63) is 77.2 Å². The Morgan fingerprint density at radius 3 is 2.32 bits per heavy atom. The van der Waals surface area contributed by atoms with Crippen molar-refractivity contribution >= 4 is 18.3 Å². The molecule has 0 radical (unpaired) electrons. The van der Waals surface area contributed by atoms with Gasteiger partial charge in [-0.25, -0.2) is 9.37 Å². The Morgan fingerprint density at radius 1 is 0.979 bits per heavy atom. The number of amides is 1. The molecule has 2 saturated heterocycles. The molecule has 2 aliphatic heterocycles. The lowest BCUT2D eigenvalue weighted by Gasteiger charge is -2.49. The molecule has 2 aromatic carbocycles. The fourth-order valence-corrected chi connectivity index (χ4v) is 7.67. The van der Waals surface area contributed by atoms with Crippen molar-refractivity contribution in [2.24, 2.45) is 11.5 Å². The Morgan fingerprint density at radius 2 is 1.66 bits per heavy atom. The predicted molar refractivity (Wildman–Crippen MR) is 184 cm³/mol. The number of piperazine rings is 1. The number of primary amides is 1. The van der Waals surface area contributed by atoms with E-state index in [-0.39, 0.29) is 23.9 Å². The summed E-state index contributed by atoms with van der Waals surface area (Å²) in [5, 5.41) is 0. The van der Waals surface area contributed by atoms with E-state index in [9.17, 15) is 9.18 Å². The van der Waals surface area contributed by atoms with Crippen molar-refractivity contribution < 1.29 is 18.7 Å². The molecule has 4 N–H and O–H groups in total. The summed E-state index contributed by atoms with van der Waals surface area (Å²) >= 11 is 0. The fraction of sp³-hybridized carbons (Fsp3) is 0.500. The van der Waals surface area contributed by atoms with Crippen molar-refractivity contribution in [1.29, 1.82) is 0 Å². The maximum absolute atomic E-state index is 14.2. The highest BCUT2D eigenvalue weighted by Gasteiger charge is 2.36. The van der Waals surface area contributed by atoms with Crippen molar-refractivity contribution in [1.82, 2.24) is 19.7 Å². The summed E-state index contributed by atoms with van der Waals surface area (Å²) in [7, 11) is 0. The highest BCUT2D eigenvalue weighted by atomic mass is 35.5. The minimum atomic E-state index is -0.792. The number of halogens is 2. The van der Waals surface area contributed by atoms with Crippen LogP contribution in [-0.2, 0) is 17.8 Å². The number of carbonyl (C=O) groups excluding carboxylic acids is 1. The van der Waals surface area contributed by atoms with Crippen LogP contribution in [-0.4, -0.2) is 89.2 Å². The largest absolute Gasteiger partial charge is 0.437 e. The highest BCUT2D eigenvalue weighted by molar-refractivity contribution is 5.95. The quantitative estimate of drug-likeness (QED) is 0.321.